The molecule has 0 spiro atoms. The molecule has 3 N–H and O–H groups in total. The molecule has 5 nitrogen and oxygen atoms in total. The zero-order chi connectivity index (χ0) is 17.0. The lowest BCUT2D eigenvalue weighted by Crippen LogP contribution is -2.50. The van der Waals surface area contributed by atoms with Crippen molar-refractivity contribution in [2.45, 2.75) is 32.2 Å². The number of hydrogen-bond donors (Lipinski definition) is 3. The maximum atomic E-state index is 13.5. The number of aliphatic hydroxyl groups excluding tert-OH is 1. The highest BCUT2D eigenvalue weighted by Crippen LogP contribution is 2.24. The summed E-state index contributed by atoms with van der Waals surface area (Å²) in [6, 6.07) is 4.49. The van der Waals surface area contributed by atoms with Crippen molar-refractivity contribution < 1.29 is 19.0 Å². The predicted octanol–water partition coefficient (Wildman–Crippen LogP) is 2.06. The Morgan fingerprint density at radius 1 is 1.48 bits per heavy atom. The van der Waals surface area contributed by atoms with Gasteiger partial charge in [-0.1, -0.05) is 0 Å². The van der Waals surface area contributed by atoms with Gasteiger partial charge in [-0.15, -0.1) is 0 Å². The lowest BCUT2D eigenvalue weighted by Gasteiger charge is -2.29. The Morgan fingerprint density at radius 3 is 2.87 bits per heavy atom. The third-order valence-electron chi connectivity index (χ3n) is 3.99. The van der Waals surface area contributed by atoms with Crippen LogP contribution in [-0.2, 0) is 16.0 Å². The molecule has 0 saturated carbocycles. The van der Waals surface area contributed by atoms with Crippen molar-refractivity contribution >= 4 is 16.8 Å². The van der Waals surface area contributed by atoms with Crippen LogP contribution in [-0.4, -0.2) is 41.9 Å². The standard InChI is InChI=1S/C17H23FN2O3/c1-11-13(14-8-12(18)4-5-15(14)19-11)9-16(22)20-17(2,6-7-21)10-23-3/h4-5,8,19,21H,6-7,9-10H2,1-3H3,(H,20,22). The lowest BCUT2D eigenvalue weighted by atomic mass is 9.98. The molecule has 1 aromatic heterocycles. The Balaban J connectivity index is 2.20. The molecule has 1 aromatic carbocycles. The van der Waals surface area contributed by atoms with Crippen LogP contribution in [0.5, 0.6) is 0 Å². The van der Waals surface area contributed by atoms with E-state index in [0.29, 0.717) is 18.4 Å². The molecule has 0 aliphatic heterocycles. The van der Waals surface area contributed by atoms with Crippen molar-refractivity contribution in [3.05, 3.63) is 35.3 Å². The van der Waals surface area contributed by atoms with Crippen LogP contribution in [0.25, 0.3) is 10.9 Å². The second-order valence-electron chi connectivity index (χ2n) is 6.11. The first-order valence-corrected chi connectivity index (χ1v) is 7.56. The Bertz CT molecular complexity index is 690. The first kappa shape index (κ1) is 17.4. The third kappa shape index (κ3) is 4.09. The molecule has 0 radical (unpaired) electrons. The van der Waals surface area contributed by atoms with Crippen molar-refractivity contribution in [3.63, 3.8) is 0 Å². The molecule has 23 heavy (non-hydrogen) atoms. The number of hydrogen-bond acceptors (Lipinski definition) is 3. The molecule has 1 heterocycles. The molecule has 0 saturated heterocycles. The van der Waals surface area contributed by atoms with Crippen LogP contribution in [0.2, 0.25) is 0 Å². The van der Waals surface area contributed by atoms with E-state index in [1.165, 1.54) is 12.1 Å². The van der Waals surface area contributed by atoms with Crippen molar-refractivity contribution in [2.75, 3.05) is 20.3 Å². The van der Waals surface area contributed by atoms with Crippen LogP contribution in [0.4, 0.5) is 4.39 Å². The maximum absolute atomic E-state index is 13.5. The van der Waals surface area contributed by atoms with Gasteiger partial charge in [0.2, 0.25) is 5.91 Å². The number of amides is 1. The second-order valence-corrected chi connectivity index (χ2v) is 6.11. The number of ether oxygens (including phenoxy) is 1. The summed E-state index contributed by atoms with van der Waals surface area (Å²) in [5.74, 6) is -0.520. The summed E-state index contributed by atoms with van der Waals surface area (Å²) >= 11 is 0. The van der Waals surface area contributed by atoms with E-state index in [1.54, 1.807) is 13.2 Å². The number of aromatic nitrogens is 1. The van der Waals surface area contributed by atoms with Crippen LogP contribution in [0.1, 0.15) is 24.6 Å². The lowest BCUT2D eigenvalue weighted by molar-refractivity contribution is -0.123. The van der Waals surface area contributed by atoms with Gasteiger partial charge >= 0.3 is 0 Å². The first-order chi connectivity index (χ1) is 10.9. The molecule has 1 unspecified atom stereocenters. The van der Waals surface area contributed by atoms with Crippen LogP contribution in [0.3, 0.4) is 0 Å². The second kappa shape index (κ2) is 7.10. The molecule has 1 atom stereocenters. The van der Waals surface area contributed by atoms with Crippen molar-refractivity contribution in [1.29, 1.82) is 0 Å². The van der Waals surface area contributed by atoms with Crippen LogP contribution < -0.4 is 5.32 Å². The molecular weight excluding hydrogens is 299 g/mol. The van der Waals surface area contributed by atoms with Crippen LogP contribution in [0.15, 0.2) is 18.2 Å². The number of aryl methyl sites for hydroxylation is 1. The molecule has 126 valence electrons. The predicted molar refractivity (Wildman–Crippen MR) is 86.8 cm³/mol. The Hall–Kier alpha value is -1.92. The van der Waals surface area contributed by atoms with E-state index in [9.17, 15) is 9.18 Å². The maximum Gasteiger partial charge on any atom is 0.225 e. The number of methoxy groups -OCH3 is 1. The van der Waals surface area contributed by atoms with Gasteiger partial charge in [0.05, 0.1) is 18.6 Å². The largest absolute Gasteiger partial charge is 0.396 e. The first-order valence-electron chi connectivity index (χ1n) is 7.56. The fourth-order valence-corrected chi connectivity index (χ4v) is 2.86. The van der Waals surface area contributed by atoms with Gasteiger partial charge in [-0.25, -0.2) is 4.39 Å². The smallest absolute Gasteiger partial charge is 0.225 e. The molecule has 1 amide bonds. The number of carbonyl (C=O) groups is 1. The highest BCUT2D eigenvalue weighted by molar-refractivity contribution is 5.90. The highest BCUT2D eigenvalue weighted by atomic mass is 19.1. The molecule has 0 aliphatic carbocycles. The zero-order valence-electron chi connectivity index (χ0n) is 13.7. The number of aromatic amines is 1. The van der Waals surface area contributed by atoms with Gasteiger partial charge in [-0.2, -0.15) is 0 Å². The summed E-state index contributed by atoms with van der Waals surface area (Å²) in [5, 5.41) is 12.8. The molecule has 0 bridgehead atoms. The van der Waals surface area contributed by atoms with E-state index < -0.39 is 5.54 Å². The Kier molecular flexibility index (Phi) is 5.38. The van der Waals surface area contributed by atoms with Gasteiger partial charge < -0.3 is 20.1 Å². The monoisotopic (exact) mass is 322 g/mol. The number of benzene rings is 1. The molecule has 0 aliphatic rings. The van der Waals surface area contributed by atoms with E-state index in [-0.39, 0.29) is 24.8 Å². The average molecular weight is 322 g/mol. The third-order valence-corrected chi connectivity index (χ3v) is 3.99. The van der Waals surface area contributed by atoms with E-state index >= 15 is 0 Å². The minimum absolute atomic E-state index is 0.0442. The van der Waals surface area contributed by atoms with Crippen LogP contribution in [0, 0.1) is 12.7 Å². The van der Waals surface area contributed by atoms with Crippen molar-refractivity contribution in [1.82, 2.24) is 10.3 Å². The molecule has 2 aromatic rings. The summed E-state index contributed by atoms with van der Waals surface area (Å²) in [6.45, 7) is 3.95. The normalized spacial score (nSPS) is 14.0. The quantitative estimate of drug-likeness (QED) is 0.730. The SMILES string of the molecule is COCC(C)(CCO)NC(=O)Cc1c(C)[nH]c2ccc(F)cc12. The van der Waals surface area contributed by atoms with E-state index in [1.807, 2.05) is 13.8 Å². The van der Waals surface area contributed by atoms with Crippen molar-refractivity contribution in [2.24, 2.45) is 0 Å². The fraction of sp³-hybridized carbons (Fsp3) is 0.471. The average Bonchev–Trinajstić information content (AvgIpc) is 2.75. The number of carbonyl (C=O) groups excluding carboxylic acids is 1. The van der Waals surface area contributed by atoms with Gasteiger partial charge in [-0.05, 0) is 44.0 Å². The van der Waals surface area contributed by atoms with Crippen molar-refractivity contribution in [3.8, 4) is 0 Å². The summed E-state index contributed by atoms with van der Waals surface area (Å²) < 4.78 is 18.6. The topological polar surface area (TPSA) is 74.3 Å². The van der Waals surface area contributed by atoms with Crippen LogP contribution >= 0.6 is 0 Å². The van der Waals surface area contributed by atoms with Gasteiger partial charge in [0, 0.05) is 30.3 Å². The number of nitrogens with one attached hydrogen (secondary N) is 2. The minimum atomic E-state index is -0.633. The number of halogens is 1. The number of aliphatic hydroxyl groups is 1. The number of fused-ring (bicyclic) bond motifs is 1. The van der Waals surface area contributed by atoms with Gasteiger partial charge in [0.25, 0.3) is 0 Å². The van der Waals surface area contributed by atoms with Gasteiger partial charge in [0.15, 0.2) is 0 Å². The number of rotatable bonds is 7. The van der Waals surface area contributed by atoms with Gasteiger partial charge in [-0.3, -0.25) is 4.79 Å². The Morgan fingerprint density at radius 2 is 2.22 bits per heavy atom. The summed E-state index contributed by atoms with van der Waals surface area (Å²) in [7, 11) is 1.55. The molecule has 2 rings (SSSR count). The molecule has 0 fully saturated rings. The van der Waals surface area contributed by atoms with E-state index in [0.717, 1.165) is 16.8 Å². The van der Waals surface area contributed by atoms with E-state index in [4.69, 9.17) is 9.84 Å². The Labute approximate surface area is 134 Å². The minimum Gasteiger partial charge on any atom is -0.396 e. The summed E-state index contributed by atoms with van der Waals surface area (Å²) in [4.78, 5) is 15.6. The number of H-pyrrole nitrogens is 1. The fourth-order valence-electron chi connectivity index (χ4n) is 2.86. The summed E-state index contributed by atoms with van der Waals surface area (Å²) in [6.07, 6.45) is 0.536. The zero-order valence-corrected chi connectivity index (χ0v) is 13.7. The van der Waals surface area contributed by atoms with E-state index in [2.05, 4.69) is 10.3 Å². The summed E-state index contributed by atoms with van der Waals surface area (Å²) in [5.41, 5.74) is 1.80. The molecular formula is C17H23FN2O3. The highest BCUT2D eigenvalue weighted by Gasteiger charge is 2.26. The van der Waals surface area contributed by atoms with Gasteiger partial charge in [0.1, 0.15) is 5.82 Å². The molecule has 6 heteroatoms.